The van der Waals surface area contributed by atoms with E-state index in [4.69, 9.17) is 0 Å². The first-order chi connectivity index (χ1) is 7.27. The second-order valence-electron chi connectivity index (χ2n) is 5.03. The van der Waals surface area contributed by atoms with Gasteiger partial charge >= 0.3 is 0 Å². The van der Waals surface area contributed by atoms with Crippen LogP contribution in [0.3, 0.4) is 0 Å². The molecule has 2 aliphatic rings. The minimum absolute atomic E-state index is 0.305. The molecule has 2 saturated heterocycles. The molecule has 15 heavy (non-hydrogen) atoms. The molecule has 2 heterocycles. The average Bonchev–Trinajstić information content (AvgIpc) is 2.30. The van der Waals surface area contributed by atoms with Crippen LogP contribution < -0.4 is 5.32 Å². The summed E-state index contributed by atoms with van der Waals surface area (Å²) in [6.07, 6.45) is 4.45. The molecule has 0 aliphatic carbocycles. The van der Waals surface area contributed by atoms with Crippen molar-refractivity contribution >= 4 is 5.91 Å². The number of piperidine rings is 2. The molecule has 0 aromatic rings. The smallest absolute Gasteiger partial charge is 0.225 e. The van der Waals surface area contributed by atoms with E-state index in [1.165, 1.54) is 12.8 Å². The molecule has 0 saturated carbocycles. The lowest BCUT2D eigenvalue weighted by atomic mass is 9.93. The zero-order chi connectivity index (χ0) is 10.7. The molecule has 0 aromatic heterocycles. The zero-order valence-corrected chi connectivity index (χ0v) is 9.67. The predicted molar refractivity (Wildman–Crippen MR) is 60.6 cm³/mol. The third kappa shape index (κ3) is 2.71. The highest BCUT2D eigenvalue weighted by atomic mass is 16.2. The maximum absolute atomic E-state index is 12.2. The van der Waals surface area contributed by atoms with E-state index in [2.05, 4.69) is 17.1 Å². The number of hydrogen-bond acceptors (Lipinski definition) is 2. The van der Waals surface area contributed by atoms with E-state index in [1.54, 1.807) is 0 Å². The van der Waals surface area contributed by atoms with Gasteiger partial charge in [0.1, 0.15) is 0 Å². The maximum atomic E-state index is 12.2. The summed E-state index contributed by atoms with van der Waals surface area (Å²) in [5, 5.41) is 3.31. The molecule has 1 amide bonds. The normalized spacial score (nSPS) is 25.5. The molecule has 0 radical (unpaired) electrons. The molecule has 3 heteroatoms. The Hall–Kier alpha value is -0.570. The van der Waals surface area contributed by atoms with Gasteiger partial charge in [-0.1, -0.05) is 6.92 Å². The molecule has 2 rings (SSSR count). The Labute approximate surface area is 92.2 Å². The van der Waals surface area contributed by atoms with Gasteiger partial charge in [-0.3, -0.25) is 4.79 Å². The highest BCUT2D eigenvalue weighted by Crippen LogP contribution is 2.21. The molecule has 2 fully saturated rings. The second kappa shape index (κ2) is 4.97. The van der Waals surface area contributed by atoms with E-state index < -0.39 is 0 Å². The fourth-order valence-electron chi connectivity index (χ4n) is 2.56. The Balaban J connectivity index is 1.84. The standard InChI is InChI=1S/C12H22N2O/c1-10-4-8-14(9-5-10)12(15)11-2-6-13-7-3-11/h10-11,13H,2-9H2,1H3. The molecule has 3 nitrogen and oxygen atoms in total. The van der Waals surface area contributed by atoms with E-state index >= 15 is 0 Å². The Morgan fingerprint density at radius 3 is 2.33 bits per heavy atom. The van der Waals surface area contributed by atoms with Crippen LogP contribution in [0.15, 0.2) is 0 Å². The highest BCUT2D eigenvalue weighted by Gasteiger charge is 2.27. The van der Waals surface area contributed by atoms with Gasteiger partial charge in [0, 0.05) is 19.0 Å². The van der Waals surface area contributed by atoms with Gasteiger partial charge in [-0.05, 0) is 44.7 Å². The second-order valence-corrected chi connectivity index (χ2v) is 5.03. The van der Waals surface area contributed by atoms with Gasteiger partial charge < -0.3 is 10.2 Å². The zero-order valence-electron chi connectivity index (χ0n) is 9.67. The largest absolute Gasteiger partial charge is 0.342 e. The van der Waals surface area contributed by atoms with Crippen LogP contribution >= 0.6 is 0 Å². The molecule has 1 N–H and O–H groups in total. The van der Waals surface area contributed by atoms with Crippen molar-refractivity contribution < 1.29 is 4.79 Å². The van der Waals surface area contributed by atoms with Crippen LogP contribution in [-0.2, 0) is 4.79 Å². The lowest BCUT2D eigenvalue weighted by molar-refractivity contribution is -0.137. The van der Waals surface area contributed by atoms with Crippen LogP contribution in [0, 0.1) is 11.8 Å². The number of amides is 1. The molecular formula is C12H22N2O. The van der Waals surface area contributed by atoms with Crippen molar-refractivity contribution in [1.29, 1.82) is 0 Å². The van der Waals surface area contributed by atoms with E-state index in [0.29, 0.717) is 11.8 Å². The summed E-state index contributed by atoms with van der Waals surface area (Å²) in [6.45, 7) is 6.29. The van der Waals surface area contributed by atoms with Gasteiger partial charge in [-0.2, -0.15) is 0 Å². The van der Waals surface area contributed by atoms with Crippen molar-refractivity contribution in [2.75, 3.05) is 26.2 Å². The van der Waals surface area contributed by atoms with Crippen molar-refractivity contribution in [3.63, 3.8) is 0 Å². The first kappa shape index (κ1) is 10.9. The van der Waals surface area contributed by atoms with Gasteiger partial charge in [0.15, 0.2) is 0 Å². The predicted octanol–water partition coefficient (Wildman–Crippen LogP) is 1.24. The van der Waals surface area contributed by atoms with Crippen molar-refractivity contribution in [2.24, 2.45) is 11.8 Å². The SMILES string of the molecule is CC1CCN(C(=O)C2CCNCC2)CC1. The summed E-state index contributed by atoms with van der Waals surface area (Å²) in [7, 11) is 0. The summed E-state index contributed by atoms with van der Waals surface area (Å²) in [5.74, 6) is 1.53. The van der Waals surface area contributed by atoms with Crippen LogP contribution in [-0.4, -0.2) is 37.0 Å². The average molecular weight is 210 g/mol. The maximum Gasteiger partial charge on any atom is 0.225 e. The van der Waals surface area contributed by atoms with E-state index in [9.17, 15) is 4.79 Å². The summed E-state index contributed by atoms with van der Waals surface area (Å²) in [6, 6.07) is 0. The third-order valence-electron chi connectivity index (χ3n) is 3.78. The van der Waals surface area contributed by atoms with Gasteiger partial charge in [0.25, 0.3) is 0 Å². The topological polar surface area (TPSA) is 32.3 Å². The first-order valence-corrected chi connectivity index (χ1v) is 6.27. The third-order valence-corrected chi connectivity index (χ3v) is 3.78. The number of nitrogens with zero attached hydrogens (tertiary/aromatic N) is 1. The van der Waals surface area contributed by atoms with E-state index in [0.717, 1.165) is 44.9 Å². The van der Waals surface area contributed by atoms with E-state index in [1.807, 2.05) is 0 Å². The summed E-state index contributed by atoms with van der Waals surface area (Å²) in [4.78, 5) is 14.3. The van der Waals surface area contributed by atoms with E-state index in [-0.39, 0.29) is 0 Å². The minimum atomic E-state index is 0.305. The fraction of sp³-hybridized carbons (Fsp3) is 0.917. The molecule has 0 aromatic carbocycles. The molecule has 0 spiro atoms. The lowest BCUT2D eigenvalue weighted by Gasteiger charge is -2.34. The van der Waals surface area contributed by atoms with Crippen LogP contribution in [0.5, 0.6) is 0 Å². The molecule has 0 atom stereocenters. The molecule has 0 bridgehead atoms. The monoisotopic (exact) mass is 210 g/mol. The number of nitrogens with one attached hydrogen (secondary N) is 1. The van der Waals surface area contributed by atoms with Gasteiger partial charge in [-0.25, -0.2) is 0 Å². The van der Waals surface area contributed by atoms with Gasteiger partial charge in [0.05, 0.1) is 0 Å². The Morgan fingerprint density at radius 1 is 1.13 bits per heavy atom. The molecular weight excluding hydrogens is 188 g/mol. The molecule has 86 valence electrons. The summed E-state index contributed by atoms with van der Waals surface area (Å²) < 4.78 is 0. The Morgan fingerprint density at radius 2 is 1.73 bits per heavy atom. The van der Waals surface area contributed by atoms with Crippen LogP contribution in [0.2, 0.25) is 0 Å². The number of hydrogen-bond donors (Lipinski definition) is 1. The van der Waals surface area contributed by atoms with Crippen molar-refractivity contribution in [3.05, 3.63) is 0 Å². The number of carbonyl (C=O) groups excluding carboxylic acids is 1. The quantitative estimate of drug-likeness (QED) is 0.706. The Bertz CT molecular complexity index is 216. The number of rotatable bonds is 1. The number of carbonyl (C=O) groups is 1. The Kier molecular flexibility index (Phi) is 3.62. The van der Waals surface area contributed by atoms with Gasteiger partial charge in [-0.15, -0.1) is 0 Å². The molecule has 2 aliphatic heterocycles. The van der Waals surface area contributed by atoms with Crippen molar-refractivity contribution in [2.45, 2.75) is 32.6 Å². The highest BCUT2D eigenvalue weighted by molar-refractivity contribution is 5.79. The van der Waals surface area contributed by atoms with Crippen LogP contribution in [0.25, 0.3) is 0 Å². The van der Waals surface area contributed by atoms with Crippen molar-refractivity contribution in [1.82, 2.24) is 10.2 Å². The minimum Gasteiger partial charge on any atom is -0.342 e. The van der Waals surface area contributed by atoms with Crippen molar-refractivity contribution in [3.8, 4) is 0 Å². The summed E-state index contributed by atoms with van der Waals surface area (Å²) in [5.41, 5.74) is 0. The number of likely N-dealkylation sites (tertiary alicyclic amines) is 1. The molecule has 0 unspecified atom stereocenters. The van der Waals surface area contributed by atoms with Crippen LogP contribution in [0.1, 0.15) is 32.6 Å². The first-order valence-electron chi connectivity index (χ1n) is 6.27. The lowest BCUT2D eigenvalue weighted by Crippen LogP contribution is -2.44. The summed E-state index contributed by atoms with van der Waals surface area (Å²) >= 11 is 0. The fourth-order valence-corrected chi connectivity index (χ4v) is 2.56. The van der Waals surface area contributed by atoms with Gasteiger partial charge in [0.2, 0.25) is 5.91 Å². The van der Waals surface area contributed by atoms with Crippen LogP contribution in [0.4, 0.5) is 0 Å².